The van der Waals surface area contributed by atoms with E-state index >= 15 is 0 Å². The average Bonchev–Trinajstić information content (AvgIpc) is 2.62. The number of aromatic nitrogens is 2. The lowest BCUT2D eigenvalue weighted by Crippen LogP contribution is -2.25. The standard InChI is InChI=1S/C12H21N3O2/c1-9-11(10(2)15-14-9)5-6-12(16)13-7-4-8-17-3/h4-8H2,1-3H3,(H,13,16)(H,14,15). The Balaban J connectivity index is 2.24. The fourth-order valence-corrected chi connectivity index (χ4v) is 1.71. The molecule has 0 bridgehead atoms. The van der Waals surface area contributed by atoms with Gasteiger partial charge in [0.15, 0.2) is 0 Å². The van der Waals surface area contributed by atoms with E-state index in [-0.39, 0.29) is 5.91 Å². The Labute approximate surface area is 102 Å². The molecule has 0 fully saturated rings. The van der Waals surface area contributed by atoms with Gasteiger partial charge >= 0.3 is 0 Å². The summed E-state index contributed by atoms with van der Waals surface area (Å²) >= 11 is 0. The Morgan fingerprint density at radius 2 is 2.24 bits per heavy atom. The average molecular weight is 239 g/mol. The number of aryl methyl sites for hydroxylation is 2. The van der Waals surface area contributed by atoms with Crippen molar-refractivity contribution in [1.29, 1.82) is 0 Å². The first-order valence-electron chi connectivity index (χ1n) is 5.91. The summed E-state index contributed by atoms with van der Waals surface area (Å²) < 4.78 is 4.91. The first-order valence-corrected chi connectivity index (χ1v) is 5.91. The molecule has 5 heteroatoms. The molecule has 0 saturated carbocycles. The number of aromatic amines is 1. The number of hydrogen-bond acceptors (Lipinski definition) is 3. The quantitative estimate of drug-likeness (QED) is 0.700. The van der Waals surface area contributed by atoms with Gasteiger partial charge in [-0.25, -0.2) is 0 Å². The van der Waals surface area contributed by atoms with Crippen molar-refractivity contribution >= 4 is 5.91 Å². The van der Waals surface area contributed by atoms with Crippen LogP contribution >= 0.6 is 0 Å². The molecule has 96 valence electrons. The maximum Gasteiger partial charge on any atom is 0.220 e. The third-order valence-corrected chi connectivity index (χ3v) is 2.73. The number of nitrogens with zero attached hydrogens (tertiary/aromatic N) is 1. The molecule has 5 nitrogen and oxygen atoms in total. The minimum atomic E-state index is 0.0844. The highest BCUT2D eigenvalue weighted by Gasteiger charge is 2.08. The van der Waals surface area contributed by atoms with Gasteiger partial charge in [-0.1, -0.05) is 0 Å². The van der Waals surface area contributed by atoms with Crippen LogP contribution in [0.2, 0.25) is 0 Å². The maximum absolute atomic E-state index is 11.5. The second-order valence-electron chi connectivity index (χ2n) is 4.11. The van der Waals surface area contributed by atoms with Crippen LogP contribution in [-0.4, -0.2) is 36.4 Å². The summed E-state index contributed by atoms with van der Waals surface area (Å²) in [5.74, 6) is 0.0844. The molecule has 0 unspecified atom stereocenters. The first-order chi connectivity index (χ1) is 8.15. The topological polar surface area (TPSA) is 67.0 Å². The van der Waals surface area contributed by atoms with Gasteiger partial charge in [-0.3, -0.25) is 9.89 Å². The van der Waals surface area contributed by atoms with E-state index in [0.29, 0.717) is 19.6 Å². The molecular weight excluding hydrogens is 218 g/mol. The van der Waals surface area contributed by atoms with Crippen LogP contribution in [0.3, 0.4) is 0 Å². The van der Waals surface area contributed by atoms with Gasteiger partial charge in [0.05, 0.1) is 5.69 Å². The lowest BCUT2D eigenvalue weighted by Gasteiger charge is -2.05. The molecule has 1 amide bonds. The van der Waals surface area contributed by atoms with E-state index < -0.39 is 0 Å². The van der Waals surface area contributed by atoms with Gasteiger partial charge in [0.1, 0.15) is 0 Å². The molecule has 1 aromatic rings. The van der Waals surface area contributed by atoms with Crippen molar-refractivity contribution < 1.29 is 9.53 Å². The van der Waals surface area contributed by atoms with E-state index in [1.54, 1.807) is 7.11 Å². The summed E-state index contributed by atoms with van der Waals surface area (Å²) in [6.07, 6.45) is 2.10. The van der Waals surface area contributed by atoms with Crippen LogP contribution in [0.5, 0.6) is 0 Å². The van der Waals surface area contributed by atoms with Gasteiger partial charge in [-0.05, 0) is 32.3 Å². The fraction of sp³-hybridized carbons (Fsp3) is 0.667. The van der Waals surface area contributed by atoms with Crippen molar-refractivity contribution in [2.24, 2.45) is 0 Å². The highest BCUT2D eigenvalue weighted by atomic mass is 16.5. The Morgan fingerprint density at radius 3 is 2.82 bits per heavy atom. The van der Waals surface area contributed by atoms with E-state index in [4.69, 9.17) is 4.74 Å². The Hall–Kier alpha value is -1.36. The number of carbonyl (C=O) groups excluding carboxylic acids is 1. The lowest BCUT2D eigenvalue weighted by molar-refractivity contribution is -0.121. The predicted molar refractivity (Wildman–Crippen MR) is 65.9 cm³/mol. The normalized spacial score (nSPS) is 10.5. The molecule has 0 aliphatic heterocycles. The van der Waals surface area contributed by atoms with Crippen LogP contribution < -0.4 is 5.32 Å². The zero-order chi connectivity index (χ0) is 12.7. The summed E-state index contributed by atoms with van der Waals surface area (Å²) in [6, 6.07) is 0. The second-order valence-corrected chi connectivity index (χ2v) is 4.11. The van der Waals surface area contributed by atoms with E-state index in [9.17, 15) is 4.79 Å². The molecule has 0 aliphatic rings. The predicted octanol–water partition coefficient (Wildman–Crippen LogP) is 1.11. The molecule has 1 rings (SSSR count). The summed E-state index contributed by atoms with van der Waals surface area (Å²) in [4.78, 5) is 11.5. The molecule has 17 heavy (non-hydrogen) atoms. The number of hydrogen-bond donors (Lipinski definition) is 2. The van der Waals surface area contributed by atoms with Gasteiger partial charge in [0, 0.05) is 32.4 Å². The van der Waals surface area contributed by atoms with Crippen molar-refractivity contribution in [3.8, 4) is 0 Å². The second kappa shape index (κ2) is 7.06. The Kier molecular flexibility index (Phi) is 5.69. The summed E-state index contributed by atoms with van der Waals surface area (Å²) in [5, 5.41) is 9.90. The van der Waals surface area contributed by atoms with Gasteiger partial charge in [-0.2, -0.15) is 5.10 Å². The monoisotopic (exact) mass is 239 g/mol. The Morgan fingerprint density at radius 1 is 1.47 bits per heavy atom. The summed E-state index contributed by atoms with van der Waals surface area (Å²) in [5.41, 5.74) is 3.18. The number of methoxy groups -OCH3 is 1. The van der Waals surface area contributed by atoms with Crippen molar-refractivity contribution in [1.82, 2.24) is 15.5 Å². The van der Waals surface area contributed by atoms with Crippen LogP contribution in [0.1, 0.15) is 29.8 Å². The van der Waals surface area contributed by atoms with Gasteiger partial charge < -0.3 is 10.1 Å². The largest absolute Gasteiger partial charge is 0.385 e. The zero-order valence-electron chi connectivity index (χ0n) is 10.8. The molecule has 0 atom stereocenters. The molecule has 1 heterocycles. The first kappa shape index (κ1) is 13.7. The number of H-pyrrole nitrogens is 1. The van der Waals surface area contributed by atoms with Gasteiger partial charge in [-0.15, -0.1) is 0 Å². The van der Waals surface area contributed by atoms with Crippen molar-refractivity contribution in [2.75, 3.05) is 20.3 Å². The number of amides is 1. The molecule has 0 spiro atoms. The third-order valence-electron chi connectivity index (χ3n) is 2.73. The van der Waals surface area contributed by atoms with Crippen molar-refractivity contribution in [3.05, 3.63) is 17.0 Å². The summed E-state index contributed by atoms with van der Waals surface area (Å²) in [7, 11) is 1.66. The fourth-order valence-electron chi connectivity index (χ4n) is 1.71. The number of nitrogens with one attached hydrogen (secondary N) is 2. The van der Waals surface area contributed by atoms with E-state index in [1.807, 2.05) is 13.8 Å². The highest BCUT2D eigenvalue weighted by Crippen LogP contribution is 2.11. The smallest absolute Gasteiger partial charge is 0.220 e. The zero-order valence-corrected chi connectivity index (χ0v) is 10.8. The third kappa shape index (κ3) is 4.56. The molecule has 2 N–H and O–H groups in total. The van der Waals surface area contributed by atoms with Crippen LogP contribution in [0.4, 0.5) is 0 Å². The van der Waals surface area contributed by atoms with Gasteiger partial charge in [0.2, 0.25) is 5.91 Å². The van der Waals surface area contributed by atoms with Crippen molar-refractivity contribution in [3.63, 3.8) is 0 Å². The number of ether oxygens (including phenoxy) is 1. The minimum absolute atomic E-state index is 0.0844. The minimum Gasteiger partial charge on any atom is -0.385 e. The van der Waals surface area contributed by atoms with Crippen molar-refractivity contribution in [2.45, 2.75) is 33.1 Å². The van der Waals surface area contributed by atoms with E-state index in [0.717, 1.165) is 29.8 Å². The van der Waals surface area contributed by atoms with Gasteiger partial charge in [0.25, 0.3) is 0 Å². The van der Waals surface area contributed by atoms with E-state index in [1.165, 1.54) is 0 Å². The number of carbonyl (C=O) groups is 1. The number of rotatable bonds is 7. The molecule has 1 aromatic heterocycles. The van der Waals surface area contributed by atoms with Crippen LogP contribution in [0.25, 0.3) is 0 Å². The van der Waals surface area contributed by atoms with Crippen LogP contribution in [-0.2, 0) is 16.0 Å². The SMILES string of the molecule is COCCCNC(=O)CCc1c(C)n[nH]c1C. The molecular formula is C12H21N3O2. The lowest BCUT2D eigenvalue weighted by atomic mass is 10.1. The molecule has 0 radical (unpaired) electrons. The molecule has 0 saturated heterocycles. The van der Waals surface area contributed by atoms with Crippen LogP contribution in [0, 0.1) is 13.8 Å². The Bertz CT molecular complexity index is 341. The molecule has 0 aliphatic carbocycles. The summed E-state index contributed by atoms with van der Waals surface area (Å²) in [6.45, 7) is 5.29. The van der Waals surface area contributed by atoms with E-state index in [2.05, 4.69) is 15.5 Å². The maximum atomic E-state index is 11.5. The highest BCUT2D eigenvalue weighted by molar-refractivity contribution is 5.76. The van der Waals surface area contributed by atoms with Crippen LogP contribution in [0.15, 0.2) is 0 Å². The molecule has 0 aromatic carbocycles.